The molecule has 0 saturated carbocycles. The molecule has 26 heavy (non-hydrogen) atoms. The minimum absolute atomic E-state index is 0.0428. The van der Waals surface area contributed by atoms with Gasteiger partial charge in [0.25, 0.3) is 11.1 Å². The fourth-order valence-electron chi connectivity index (χ4n) is 1.89. The summed E-state index contributed by atoms with van der Waals surface area (Å²) in [6, 6.07) is 7.64. The molecule has 8 nitrogen and oxygen atoms in total. The minimum atomic E-state index is -0.280. The van der Waals surface area contributed by atoms with Crippen LogP contribution in [0, 0.1) is 6.92 Å². The van der Waals surface area contributed by atoms with Crippen molar-refractivity contribution in [2.75, 3.05) is 18.8 Å². The van der Waals surface area contributed by atoms with Crippen LogP contribution in [0.25, 0.3) is 0 Å². The maximum absolute atomic E-state index is 11.7. The number of rotatable bonds is 10. The summed E-state index contributed by atoms with van der Waals surface area (Å²) in [5, 5.41) is 13.2. The third kappa shape index (κ3) is 7.14. The topological polar surface area (TPSA) is 106 Å². The molecular weight excluding hydrogens is 356 g/mol. The zero-order valence-corrected chi connectivity index (χ0v) is 15.6. The molecule has 0 aliphatic heterocycles. The molecule has 0 spiro atoms. The molecule has 0 saturated heterocycles. The lowest BCUT2D eigenvalue weighted by Gasteiger charge is -2.05. The van der Waals surface area contributed by atoms with Crippen LogP contribution in [0.1, 0.15) is 24.8 Å². The number of thioether (sulfide) groups is 1. The van der Waals surface area contributed by atoms with Crippen molar-refractivity contribution in [2.45, 2.75) is 32.1 Å². The summed E-state index contributed by atoms with van der Waals surface area (Å²) in [4.78, 5) is 23.1. The number of ether oxygens (including phenoxy) is 1. The minimum Gasteiger partial charge on any atom is -0.484 e. The van der Waals surface area contributed by atoms with Gasteiger partial charge in [-0.1, -0.05) is 30.8 Å². The fraction of sp³-hybridized carbons (Fsp3) is 0.412. The number of benzene rings is 1. The number of aryl methyl sites for hydroxylation is 1. The van der Waals surface area contributed by atoms with Crippen molar-refractivity contribution >= 4 is 23.6 Å². The summed E-state index contributed by atoms with van der Waals surface area (Å²) in [7, 11) is 0. The molecule has 140 valence electrons. The number of hydrogen-bond acceptors (Lipinski definition) is 7. The van der Waals surface area contributed by atoms with Gasteiger partial charge in [0.1, 0.15) is 5.75 Å². The molecule has 2 amide bonds. The van der Waals surface area contributed by atoms with E-state index in [9.17, 15) is 9.59 Å². The SMILES string of the molecule is CCCNC(=O)CNC(=O)CSc1nnc(COc2cccc(C)c2)o1. The summed E-state index contributed by atoms with van der Waals surface area (Å²) in [6.07, 6.45) is 0.850. The van der Waals surface area contributed by atoms with Crippen molar-refractivity contribution in [1.29, 1.82) is 0 Å². The van der Waals surface area contributed by atoms with E-state index in [4.69, 9.17) is 9.15 Å². The predicted molar refractivity (Wildman–Crippen MR) is 96.8 cm³/mol. The maximum atomic E-state index is 11.7. The van der Waals surface area contributed by atoms with Gasteiger partial charge in [-0.25, -0.2) is 0 Å². The van der Waals surface area contributed by atoms with Gasteiger partial charge in [-0.15, -0.1) is 10.2 Å². The van der Waals surface area contributed by atoms with E-state index >= 15 is 0 Å². The molecule has 2 aromatic rings. The number of amides is 2. The highest BCUT2D eigenvalue weighted by molar-refractivity contribution is 7.99. The van der Waals surface area contributed by atoms with Crippen LogP contribution < -0.4 is 15.4 Å². The summed E-state index contributed by atoms with van der Waals surface area (Å²) < 4.78 is 11.0. The van der Waals surface area contributed by atoms with Gasteiger partial charge < -0.3 is 19.8 Å². The van der Waals surface area contributed by atoms with Gasteiger partial charge >= 0.3 is 0 Å². The number of nitrogens with one attached hydrogen (secondary N) is 2. The number of carbonyl (C=O) groups is 2. The second-order valence-corrected chi connectivity index (χ2v) is 6.41. The van der Waals surface area contributed by atoms with Crippen LogP contribution in [0.2, 0.25) is 0 Å². The summed E-state index contributed by atoms with van der Waals surface area (Å²) in [5.41, 5.74) is 1.10. The van der Waals surface area contributed by atoms with E-state index in [0.717, 1.165) is 29.5 Å². The number of aromatic nitrogens is 2. The lowest BCUT2D eigenvalue weighted by molar-refractivity contribution is -0.124. The Morgan fingerprint density at radius 2 is 2.08 bits per heavy atom. The van der Waals surface area contributed by atoms with Crippen molar-refractivity contribution in [2.24, 2.45) is 0 Å². The van der Waals surface area contributed by atoms with Crippen molar-refractivity contribution in [3.05, 3.63) is 35.7 Å². The van der Waals surface area contributed by atoms with E-state index < -0.39 is 0 Å². The van der Waals surface area contributed by atoms with E-state index in [2.05, 4.69) is 20.8 Å². The van der Waals surface area contributed by atoms with Gasteiger partial charge in [-0.2, -0.15) is 0 Å². The first kappa shape index (κ1) is 19.8. The van der Waals surface area contributed by atoms with E-state index in [1.165, 1.54) is 0 Å². The van der Waals surface area contributed by atoms with Crippen LogP contribution in [-0.4, -0.2) is 40.9 Å². The van der Waals surface area contributed by atoms with Crippen LogP contribution in [0.3, 0.4) is 0 Å². The maximum Gasteiger partial charge on any atom is 0.277 e. The molecule has 0 aliphatic rings. The molecule has 0 radical (unpaired) electrons. The average molecular weight is 378 g/mol. The molecule has 0 fully saturated rings. The first-order chi connectivity index (χ1) is 12.6. The monoisotopic (exact) mass is 378 g/mol. The Morgan fingerprint density at radius 1 is 1.23 bits per heavy atom. The molecule has 2 N–H and O–H groups in total. The lowest BCUT2D eigenvalue weighted by Crippen LogP contribution is -2.37. The Labute approximate surface area is 156 Å². The van der Waals surface area contributed by atoms with Crippen molar-refractivity contribution in [3.63, 3.8) is 0 Å². The molecule has 0 aliphatic carbocycles. The van der Waals surface area contributed by atoms with Gasteiger partial charge in [-0.05, 0) is 31.0 Å². The summed E-state index contributed by atoms with van der Waals surface area (Å²) >= 11 is 1.10. The normalized spacial score (nSPS) is 10.4. The second kappa shape index (κ2) is 10.4. The van der Waals surface area contributed by atoms with Crippen LogP contribution in [-0.2, 0) is 16.2 Å². The van der Waals surface area contributed by atoms with Gasteiger partial charge in [0.05, 0.1) is 12.3 Å². The van der Waals surface area contributed by atoms with Crippen molar-refractivity contribution in [1.82, 2.24) is 20.8 Å². The van der Waals surface area contributed by atoms with Crippen LogP contribution in [0.5, 0.6) is 5.75 Å². The molecule has 2 rings (SSSR count). The van der Waals surface area contributed by atoms with Gasteiger partial charge in [0.15, 0.2) is 6.61 Å². The highest BCUT2D eigenvalue weighted by Gasteiger charge is 2.11. The second-order valence-electron chi connectivity index (χ2n) is 5.48. The molecule has 0 unspecified atom stereocenters. The zero-order valence-electron chi connectivity index (χ0n) is 14.8. The number of hydrogen-bond donors (Lipinski definition) is 2. The first-order valence-electron chi connectivity index (χ1n) is 8.25. The van der Waals surface area contributed by atoms with Crippen LogP contribution >= 0.6 is 11.8 Å². The standard InChI is InChI=1S/C17H22N4O4S/c1-3-7-18-14(22)9-19-15(23)11-26-17-21-20-16(25-17)10-24-13-6-4-5-12(2)8-13/h4-6,8H,3,7,9-11H2,1-2H3,(H,18,22)(H,19,23). The molecule has 1 aromatic carbocycles. The molecule has 9 heteroatoms. The predicted octanol–water partition coefficient (Wildman–Crippen LogP) is 1.69. The lowest BCUT2D eigenvalue weighted by atomic mass is 10.2. The molecule has 1 aromatic heterocycles. The number of carbonyl (C=O) groups excluding carboxylic acids is 2. The van der Waals surface area contributed by atoms with Crippen molar-refractivity contribution in [3.8, 4) is 5.75 Å². The van der Waals surface area contributed by atoms with E-state index in [1.54, 1.807) is 0 Å². The molecule has 0 atom stereocenters. The van der Waals surface area contributed by atoms with Gasteiger partial charge in [0, 0.05) is 6.54 Å². The Morgan fingerprint density at radius 3 is 2.85 bits per heavy atom. The fourth-order valence-corrected chi connectivity index (χ4v) is 2.50. The van der Waals surface area contributed by atoms with E-state index in [1.807, 2.05) is 38.1 Å². The molecule has 0 bridgehead atoms. The Bertz CT molecular complexity index is 735. The van der Waals surface area contributed by atoms with Gasteiger partial charge in [-0.3, -0.25) is 9.59 Å². The average Bonchev–Trinajstić information content (AvgIpc) is 3.09. The van der Waals surface area contributed by atoms with Crippen LogP contribution in [0.15, 0.2) is 33.9 Å². The highest BCUT2D eigenvalue weighted by atomic mass is 32.2. The Balaban J connectivity index is 1.69. The zero-order chi connectivity index (χ0) is 18.8. The summed E-state index contributed by atoms with van der Waals surface area (Å²) in [6.45, 7) is 4.64. The van der Waals surface area contributed by atoms with Crippen LogP contribution in [0.4, 0.5) is 0 Å². The molecule has 1 heterocycles. The number of nitrogens with zero attached hydrogens (tertiary/aromatic N) is 2. The Kier molecular flexibility index (Phi) is 7.94. The highest BCUT2D eigenvalue weighted by Crippen LogP contribution is 2.18. The van der Waals surface area contributed by atoms with Crippen molar-refractivity contribution < 1.29 is 18.7 Å². The third-order valence-corrected chi connectivity index (χ3v) is 3.96. The van der Waals surface area contributed by atoms with E-state index in [0.29, 0.717) is 12.4 Å². The first-order valence-corrected chi connectivity index (χ1v) is 9.23. The third-order valence-electron chi connectivity index (χ3n) is 3.15. The summed E-state index contributed by atoms with van der Waals surface area (Å²) in [5.74, 6) is 0.643. The quantitative estimate of drug-likeness (QED) is 0.606. The van der Waals surface area contributed by atoms with Gasteiger partial charge in [0.2, 0.25) is 11.8 Å². The van der Waals surface area contributed by atoms with E-state index in [-0.39, 0.29) is 35.9 Å². The Hall–Kier alpha value is -2.55. The smallest absolute Gasteiger partial charge is 0.277 e. The largest absolute Gasteiger partial charge is 0.484 e. The molecular formula is C17H22N4O4S.